The molecule has 0 amide bonds. The first-order chi connectivity index (χ1) is 19.1. The van der Waals surface area contributed by atoms with Gasteiger partial charge in [-0.15, -0.1) is 5.12 Å². The normalized spacial score (nSPS) is 17.8. The summed E-state index contributed by atoms with van der Waals surface area (Å²) in [4.78, 5) is 0. The van der Waals surface area contributed by atoms with Crippen LogP contribution in [0, 0.1) is 0 Å². The minimum Gasteiger partial charge on any atom is -0.216 e. The van der Waals surface area contributed by atoms with E-state index in [1.54, 1.807) is 0 Å². The van der Waals surface area contributed by atoms with Crippen molar-refractivity contribution in [3.63, 3.8) is 0 Å². The third-order valence-corrected chi connectivity index (χ3v) is 4.92. The van der Waals surface area contributed by atoms with Gasteiger partial charge in [0, 0.05) is 5.57 Å². The molecule has 0 spiro atoms. The maximum Gasteiger partial charge on any atom is 0.455 e. The number of alkyl halides is 27. The van der Waals surface area contributed by atoms with Crippen LogP contribution in [0.4, 0.5) is 119 Å². The van der Waals surface area contributed by atoms with Gasteiger partial charge < -0.3 is 0 Å². The molecule has 264 valence electrons. The van der Waals surface area contributed by atoms with E-state index in [2.05, 4.69) is 0 Å². The lowest BCUT2D eigenvalue weighted by Crippen LogP contribution is -2.69. The number of rotatable bonds is 3. The number of hydrogen-bond acceptors (Lipinski definition) is 3. The minimum atomic E-state index is -8.60. The maximum atomic E-state index is 14.8. The van der Waals surface area contributed by atoms with Crippen molar-refractivity contribution in [2.75, 3.05) is 0 Å². The first-order valence-corrected chi connectivity index (χ1v) is 9.42. The first-order valence-electron chi connectivity index (χ1n) is 9.42. The van der Waals surface area contributed by atoms with Crippen LogP contribution < -0.4 is 0 Å². The number of hydrogen-bond donors (Lipinski definition) is 0. The number of halogens is 27. The van der Waals surface area contributed by atoms with Gasteiger partial charge in [-0.05, 0) is 0 Å². The summed E-state index contributed by atoms with van der Waals surface area (Å²) in [6.07, 6.45) is -66.6. The molecule has 0 aliphatic carbocycles. The molecule has 1 heterocycles. The van der Waals surface area contributed by atoms with Crippen LogP contribution in [-0.2, 0) is 0 Å². The van der Waals surface area contributed by atoms with Gasteiger partial charge in [0.2, 0.25) is 0 Å². The van der Waals surface area contributed by atoms with Crippen molar-refractivity contribution in [1.82, 2.24) is 5.12 Å². The van der Waals surface area contributed by atoms with Gasteiger partial charge in [-0.3, -0.25) is 0 Å². The van der Waals surface area contributed by atoms with Crippen LogP contribution in [0.2, 0.25) is 0 Å². The van der Waals surface area contributed by atoms with Crippen LogP contribution in [0.25, 0.3) is 0 Å². The molecule has 0 bridgehead atoms. The highest BCUT2D eigenvalue weighted by molar-refractivity contribution is 6.31. The van der Waals surface area contributed by atoms with Gasteiger partial charge >= 0.3 is 66.5 Å². The highest BCUT2D eigenvalue weighted by atomic mass is 19.5. The number of hydrazone groups is 2. The van der Waals surface area contributed by atoms with Crippen molar-refractivity contribution in [3.05, 3.63) is 11.1 Å². The highest BCUT2D eigenvalue weighted by Gasteiger charge is 2.84. The van der Waals surface area contributed by atoms with E-state index in [1.165, 1.54) is 0 Å². The predicted molar refractivity (Wildman–Crippen MR) is 83.7 cm³/mol. The van der Waals surface area contributed by atoms with Crippen molar-refractivity contribution in [2.24, 2.45) is 10.2 Å². The van der Waals surface area contributed by atoms with Crippen LogP contribution in [0.15, 0.2) is 21.3 Å². The lowest BCUT2D eigenvalue weighted by molar-refractivity contribution is -0.390. The largest absolute Gasteiger partial charge is 0.455 e. The Hall–Kier alpha value is -3.01. The van der Waals surface area contributed by atoms with Gasteiger partial charge in [0.25, 0.3) is 0 Å². The van der Waals surface area contributed by atoms with Gasteiger partial charge in [-0.1, -0.05) is 0 Å². The molecule has 1 rings (SSSR count). The third-order valence-electron chi connectivity index (χ3n) is 4.92. The molecule has 0 aromatic carbocycles. The molecule has 1 aliphatic rings. The molecule has 0 fully saturated rings. The van der Waals surface area contributed by atoms with Gasteiger partial charge in [0.05, 0.1) is 0 Å². The molecule has 0 N–H and O–H groups in total. The summed E-state index contributed by atoms with van der Waals surface area (Å²) in [6, 6.07) is 0. The monoisotopic (exact) mass is 735 g/mol. The van der Waals surface area contributed by atoms with E-state index in [9.17, 15) is 119 Å². The van der Waals surface area contributed by atoms with Gasteiger partial charge in [0.15, 0.2) is 0 Å². The zero-order valence-electron chi connectivity index (χ0n) is 19.0. The molecule has 0 saturated heterocycles. The SMILES string of the molecule is FC(F)(F)C(=C1C(C(F)(C(F)(F)F)C(F)(F)F)=NN(C(F)(C(F)(F)F)C(F)(F)F)N=C1C(F)(C(F)(F)F)C(F)(F)F)C(F)(F)F. The zero-order valence-corrected chi connectivity index (χ0v) is 19.0. The Morgan fingerprint density at radius 1 is 0.356 bits per heavy atom. The summed E-state index contributed by atoms with van der Waals surface area (Å²) >= 11 is 0. The lowest BCUT2D eigenvalue weighted by atomic mass is 9.80. The lowest BCUT2D eigenvalue weighted by Gasteiger charge is -2.42. The molecule has 0 atom stereocenters. The summed E-state index contributed by atoms with van der Waals surface area (Å²) in [5.74, 6) is -8.26. The molecule has 0 unspecified atom stereocenters. The van der Waals surface area contributed by atoms with Crippen molar-refractivity contribution < 1.29 is 119 Å². The van der Waals surface area contributed by atoms with E-state index in [-0.39, 0.29) is 0 Å². The molecule has 3 nitrogen and oxygen atoms in total. The number of nitrogens with zero attached hydrogens (tertiary/aromatic N) is 3. The second-order valence-electron chi connectivity index (χ2n) is 7.86. The molecular weight excluding hydrogens is 735 g/mol. The van der Waals surface area contributed by atoms with Crippen LogP contribution in [-0.4, -0.2) is 83.1 Å². The van der Waals surface area contributed by atoms with Crippen LogP contribution in [0.5, 0.6) is 0 Å². The van der Waals surface area contributed by atoms with Gasteiger partial charge in [-0.25, -0.2) is 8.78 Å². The summed E-state index contributed by atoms with van der Waals surface area (Å²) in [6.45, 7) is 0. The highest BCUT2D eigenvalue weighted by Crippen LogP contribution is 2.58. The fraction of sp³-hybridized carbons (Fsp3) is 0.733. The molecular formula is C15F27N3. The summed E-state index contributed by atoms with van der Waals surface area (Å²) in [7, 11) is 0. The predicted octanol–water partition coefficient (Wildman–Crippen LogP) is 8.89. The standard InChI is InChI=1S/C15F27N3/c16-5(10(25,26)27,11(28,29)30)3-1(2(7(18,19)20)8(21,22)23)4(6(17,12(31,32)33)13(34,35)36)44-45(43-3)9(24,14(37,38)39)15(40,41)42. The van der Waals surface area contributed by atoms with Crippen molar-refractivity contribution in [1.29, 1.82) is 0 Å². The van der Waals surface area contributed by atoms with Crippen molar-refractivity contribution >= 4 is 11.4 Å². The maximum absolute atomic E-state index is 14.8. The molecule has 0 saturated carbocycles. The molecule has 30 heteroatoms. The van der Waals surface area contributed by atoms with Crippen LogP contribution >= 0.6 is 0 Å². The molecule has 0 aromatic rings. The Kier molecular flexibility index (Phi) is 9.11. The fourth-order valence-corrected chi connectivity index (χ4v) is 2.97. The van der Waals surface area contributed by atoms with Crippen LogP contribution in [0.1, 0.15) is 0 Å². The zero-order chi connectivity index (χ0) is 36.8. The molecule has 1 aliphatic heterocycles. The second-order valence-corrected chi connectivity index (χ2v) is 7.86. The van der Waals surface area contributed by atoms with E-state index in [0.717, 1.165) is 0 Å². The summed E-state index contributed by atoms with van der Waals surface area (Å²) in [5, 5.41) is -3.07. The molecule has 0 aromatic heterocycles. The average Bonchev–Trinajstić information content (AvgIpc) is 2.70. The topological polar surface area (TPSA) is 28.0 Å². The second kappa shape index (κ2) is 10.2. The summed E-state index contributed by atoms with van der Waals surface area (Å²) < 4.78 is 362. The van der Waals surface area contributed by atoms with Crippen LogP contribution in [0.3, 0.4) is 0 Å². The quantitative estimate of drug-likeness (QED) is 0.210. The Labute approximate surface area is 224 Å². The van der Waals surface area contributed by atoms with E-state index in [4.69, 9.17) is 0 Å². The van der Waals surface area contributed by atoms with Crippen molar-refractivity contribution in [3.8, 4) is 0 Å². The van der Waals surface area contributed by atoms with E-state index >= 15 is 0 Å². The molecule has 0 radical (unpaired) electrons. The van der Waals surface area contributed by atoms with E-state index in [0.29, 0.717) is 10.2 Å². The third kappa shape index (κ3) is 6.11. The minimum absolute atomic E-state index is 0.422. The first kappa shape index (κ1) is 40.0. The summed E-state index contributed by atoms with van der Waals surface area (Å²) in [5.41, 5.74) is -39.7. The fourth-order valence-electron chi connectivity index (χ4n) is 2.97. The Balaban J connectivity index is 5.17. The smallest absolute Gasteiger partial charge is 0.216 e. The Morgan fingerprint density at radius 3 is 0.733 bits per heavy atom. The Morgan fingerprint density at radius 2 is 0.578 bits per heavy atom. The van der Waals surface area contributed by atoms with Gasteiger partial charge in [-0.2, -0.15) is 120 Å². The number of allylic oxidation sites excluding steroid dienone is 2. The molecule has 45 heavy (non-hydrogen) atoms. The van der Waals surface area contributed by atoms with E-state index in [1.807, 2.05) is 0 Å². The van der Waals surface area contributed by atoms with Gasteiger partial charge in [0.1, 0.15) is 17.0 Å². The van der Waals surface area contributed by atoms with Crippen molar-refractivity contribution in [2.45, 2.75) is 66.5 Å². The van der Waals surface area contributed by atoms with E-state index < -0.39 is 94.2 Å². The Bertz CT molecular complexity index is 1100. The average molecular weight is 735 g/mol.